The van der Waals surface area contributed by atoms with Crippen LogP contribution < -0.4 is 0 Å². The normalized spacial score (nSPS) is 46.6. The maximum absolute atomic E-state index is 12.7. The molecule has 0 aromatic rings. The summed E-state index contributed by atoms with van der Waals surface area (Å²) in [6.07, 6.45) is 8.03. The third kappa shape index (κ3) is 5.22. The van der Waals surface area contributed by atoms with Gasteiger partial charge in [0.15, 0.2) is 0 Å². The smallest absolute Gasteiger partial charge is 0.317 e. The first-order valence-electron chi connectivity index (χ1n) is 17.2. The zero-order chi connectivity index (χ0) is 32.7. The summed E-state index contributed by atoms with van der Waals surface area (Å²) >= 11 is 0. The Hall–Kier alpha value is -1.67. The molecule has 1 heterocycles. The highest BCUT2D eigenvalue weighted by atomic mass is 16.6. The van der Waals surface area contributed by atoms with E-state index in [2.05, 4.69) is 41.5 Å². The van der Waals surface area contributed by atoms with Crippen LogP contribution in [-0.2, 0) is 28.6 Å². The SMILES string of the molecule is CC(=O)OC1CC2C3(C)CCC(OC(=O)CC(=O)O)C(C)(C)C3CCC2(C)C2(C)CCCC(C3(C)CCC(C(C)(C)O)O3)C12. The Morgan fingerprint density at radius 2 is 1.55 bits per heavy atom. The average molecular weight is 619 g/mol. The molecule has 11 atom stereocenters. The maximum atomic E-state index is 12.7. The molecule has 5 rings (SSSR count). The summed E-state index contributed by atoms with van der Waals surface area (Å²) in [6, 6.07) is 0. The number of carbonyl (C=O) groups is 3. The highest BCUT2D eigenvalue weighted by molar-refractivity contribution is 5.90. The van der Waals surface area contributed by atoms with Crippen LogP contribution in [0.25, 0.3) is 0 Å². The van der Waals surface area contributed by atoms with E-state index in [1.807, 2.05) is 13.8 Å². The molecule has 0 aromatic heterocycles. The minimum atomic E-state index is -1.17. The number of carboxylic acids is 1. The first-order valence-corrected chi connectivity index (χ1v) is 17.2. The van der Waals surface area contributed by atoms with Gasteiger partial charge in [0, 0.05) is 18.3 Å². The molecule has 11 unspecified atom stereocenters. The molecule has 1 saturated heterocycles. The third-order valence-electron chi connectivity index (χ3n) is 14.3. The lowest BCUT2D eigenvalue weighted by atomic mass is 9.32. The Bertz CT molecular complexity index is 1160. The number of rotatable bonds is 6. The topological polar surface area (TPSA) is 119 Å². The molecule has 44 heavy (non-hydrogen) atoms. The van der Waals surface area contributed by atoms with Gasteiger partial charge in [0.25, 0.3) is 0 Å². The largest absolute Gasteiger partial charge is 0.481 e. The minimum Gasteiger partial charge on any atom is -0.481 e. The van der Waals surface area contributed by atoms with E-state index in [9.17, 15) is 19.5 Å². The lowest BCUT2D eigenvalue weighted by Gasteiger charge is -2.73. The first kappa shape index (κ1) is 33.7. The highest BCUT2D eigenvalue weighted by Crippen LogP contribution is 2.75. The minimum absolute atomic E-state index is 0.0196. The second kappa shape index (κ2) is 11.0. The predicted molar refractivity (Wildman–Crippen MR) is 165 cm³/mol. The Kier molecular flexibility index (Phi) is 8.39. The number of fused-ring (bicyclic) bond motifs is 5. The summed E-state index contributed by atoms with van der Waals surface area (Å²) in [5.41, 5.74) is -1.71. The van der Waals surface area contributed by atoms with E-state index in [-0.39, 0.29) is 69.3 Å². The molecule has 8 heteroatoms. The van der Waals surface area contributed by atoms with E-state index in [0.29, 0.717) is 12.3 Å². The summed E-state index contributed by atoms with van der Waals surface area (Å²) in [5, 5.41) is 20.0. The second-order valence-corrected chi connectivity index (χ2v) is 17.4. The molecular formula is C36H58O8. The second-order valence-electron chi connectivity index (χ2n) is 17.4. The van der Waals surface area contributed by atoms with Crippen molar-refractivity contribution < 1.29 is 38.8 Å². The lowest BCUT2D eigenvalue weighted by molar-refractivity contribution is -0.277. The molecule has 250 valence electrons. The summed E-state index contributed by atoms with van der Waals surface area (Å²) in [6.45, 7) is 19.3. The average Bonchev–Trinajstić information content (AvgIpc) is 3.30. The van der Waals surface area contributed by atoms with E-state index < -0.39 is 24.0 Å². The van der Waals surface area contributed by atoms with Gasteiger partial charge in [-0.15, -0.1) is 0 Å². The molecule has 5 fully saturated rings. The van der Waals surface area contributed by atoms with E-state index >= 15 is 0 Å². The van der Waals surface area contributed by atoms with Crippen molar-refractivity contribution in [1.29, 1.82) is 0 Å². The fourth-order valence-electron chi connectivity index (χ4n) is 12.1. The molecule has 0 bridgehead atoms. The van der Waals surface area contributed by atoms with Crippen LogP contribution in [0.1, 0.15) is 133 Å². The van der Waals surface area contributed by atoms with Crippen molar-refractivity contribution in [2.75, 3.05) is 0 Å². The molecule has 1 aliphatic heterocycles. The standard InChI is InChI=1S/C36H58O8/c1-21(37)42-23-19-25-33(6)16-13-26(43-29(40)20-28(38)39)31(2,3)24(33)12-17-34(25,7)35(8)15-10-11-22(30(23)35)36(9)18-14-27(44-36)32(4,5)41/h22-27,30,41H,10-20H2,1-9H3,(H,38,39). The highest BCUT2D eigenvalue weighted by Gasteiger charge is 2.71. The number of esters is 2. The van der Waals surface area contributed by atoms with Crippen molar-refractivity contribution >= 4 is 17.9 Å². The van der Waals surface area contributed by atoms with Gasteiger partial charge in [-0.3, -0.25) is 14.4 Å². The molecular weight excluding hydrogens is 560 g/mol. The first-order chi connectivity index (χ1) is 20.2. The lowest BCUT2D eigenvalue weighted by Crippen LogP contribution is -2.69. The zero-order valence-electron chi connectivity index (χ0n) is 28.7. The summed E-state index contributed by atoms with van der Waals surface area (Å²) in [4.78, 5) is 36.3. The van der Waals surface area contributed by atoms with Crippen molar-refractivity contribution in [1.82, 2.24) is 0 Å². The number of ether oxygens (including phenoxy) is 3. The molecule has 0 radical (unpaired) electrons. The molecule has 0 aromatic carbocycles. The number of carbonyl (C=O) groups excluding carboxylic acids is 2. The van der Waals surface area contributed by atoms with Crippen molar-refractivity contribution in [3.05, 3.63) is 0 Å². The van der Waals surface area contributed by atoms with Crippen LogP contribution in [0.4, 0.5) is 0 Å². The van der Waals surface area contributed by atoms with Crippen LogP contribution in [0.3, 0.4) is 0 Å². The zero-order valence-corrected chi connectivity index (χ0v) is 28.7. The van der Waals surface area contributed by atoms with Crippen molar-refractivity contribution in [2.45, 2.75) is 162 Å². The predicted octanol–water partition coefficient (Wildman–Crippen LogP) is 6.70. The quantitative estimate of drug-likeness (QED) is 0.249. The van der Waals surface area contributed by atoms with Crippen LogP contribution in [0.2, 0.25) is 0 Å². The van der Waals surface area contributed by atoms with Gasteiger partial charge in [0.2, 0.25) is 0 Å². The Morgan fingerprint density at radius 1 is 0.864 bits per heavy atom. The van der Waals surface area contributed by atoms with E-state index in [1.54, 1.807) is 0 Å². The van der Waals surface area contributed by atoms with Crippen LogP contribution >= 0.6 is 0 Å². The van der Waals surface area contributed by atoms with Crippen LogP contribution in [-0.4, -0.2) is 57.6 Å². The third-order valence-corrected chi connectivity index (χ3v) is 14.3. The Morgan fingerprint density at radius 3 is 2.14 bits per heavy atom. The van der Waals surface area contributed by atoms with Crippen LogP contribution in [0.5, 0.6) is 0 Å². The van der Waals surface area contributed by atoms with Gasteiger partial charge in [0.1, 0.15) is 18.6 Å². The fourth-order valence-corrected chi connectivity index (χ4v) is 12.1. The number of hydrogen-bond donors (Lipinski definition) is 2. The molecule has 0 spiro atoms. The Balaban J connectivity index is 1.50. The summed E-state index contributed by atoms with van der Waals surface area (Å²) in [5.74, 6) is -1.08. The number of hydrogen-bond acceptors (Lipinski definition) is 7. The van der Waals surface area contributed by atoms with Gasteiger partial charge in [-0.1, -0.05) is 41.0 Å². The summed E-state index contributed by atoms with van der Waals surface area (Å²) < 4.78 is 19.0. The summed E-state index contributed by atoms with van der Waals surface area (Å²) in [7, 11) is 0. The number of aliphatic carboxylic acids is 1. The molecule has 4 saturated carbocycles. The van der Waals surface area contributed by atoms with Crippen LogP contribution in [0.15, 0.2) is 0 Å². The van der Waals surface area contributed by atoms with Crippen molar-refractivity contribution in [2.24, 2.45) is 45.3 Å². The monoisotopic (exact) mass is 618 g/mol. The van der Waals surface area contributed by atoms with Gasteiger partial charge < -0.3 is 24.4 Å². The van der Waals surface area contributed by atoms with Crippen LogP contribution in [0, 0.1) is 45.3 Å². The van der Waals surface area contributed by atoms with Gasteiger partial charge in [-0.05, 0) is 113 Å². The maximum Gasteiger partial charge on any atom is 0.317 e. The van der Waals surface area contributed by atoms with Gasteiger partial charge in [-0.25, -0.2) is 0 Å². The molecule has 5 aliphatic rings. The molecule has 0 amide bonds. The Labute approximate surface area is 264 Å². The van der Waals surface area contributed by atoms with E-state index in [1.165, 1.54) is 6.92 Å². The van der Waals surface area contributed by atoms with Gasteiger partial charge in [-0.2, -0.15) is 0 Å². The van der Waals surface area contributed by atoms with E-state index in [4.69, 9.17) is 19.3 Å². The number of aliphatic hydroxyl groups is 1. The molecule has 2 N–H and O–H groups in total. The molecule has 4 aliphatic carbocycles. The molecule has 8 nitrogen and oxygen atoms in total. The van der Waals surface area contributed by atoms with Crippen molar-refractivity contribution in [3.8, 4) is 0 Å². The fraction of sp³-hybridized carbons (Fsp3) is 0.917. The number of carboxylic acid groups (broad SMARTS) is 1. The van der Waals surface area contributed by atoms with Gasteiger partial charge in [0.05, 0.1) is 17.3 Å². The van der Waals surface area contributed by atoms with E-state index in [0.717, 1.165) is 57.8 Å². The van der Waals surface area contributed by atoms with Crippen molar-refractivity contribution in [3.63, 3.8) is 0 Å². The van der Waals surface area contributed by atoms with Gasteiger partial charge >= 0.3 is 17.9 Å².